The molecular weight excluding hydrogens is 351 g/mol. The highest BCUT2D eigenvalue weighted by Crippen LogP contribution is 2.32. The maximum atomic E-state index is 13.1. The highest BCUT2D eigenvalue weighted by molar-refractivity contribution is 5.92. The lowest BCUT2D eigenvalue weighted by Gasteiger charge is -2.14. The van der Waals surface area contributed by atoms with Gasteiger partial charge in [0.05, 0.1) is 18.6 Å². The van der Waals surface area contributed by atoms with Crippen LogP contribution in [0.15, 0.2) is 42.5 Å². The van der Waals surface area contributed by atoms with E-state index in [0.717, 1.165) is 0 Å². The SMILES string of the molecule is COc1ccc2c(Nc3cccc(C(=O)[O-])c3)nc(C(F)(F)F)nc2c1. The van der Waals surface area contributed by atoms with Crippen LogP contribution in [0.4, 0.5) is 24.7 Å². The molecule has 3 aromatic rings. The lowest BCUT2D eigenvalue weighted by Crippen LogP contribution is -2.22. The fourth-order valence-corrected chi connectivity index (χ4v) is 2.32. The average Bonchev–Trinajstić information content (AvgIpc) is 2.60. The van der Waals surface area contributed by atoms with Gasteiger partial charge in [-0.05, 0) is 29.8 Å². The Bertz CT molecular complexity index is 990. The van der Waals surface area contributed by atoms with Crippen LogP contribution in [-0.4, -0.2) is 23.0 Å². The summed E-state index contributed by atoms with van der Waals surface area (Å²) in [4.78, 5) is 18.0. The second-order valence-corrected chi connectivity index (χ2v) is 5.27. The number of fused-ring (bicyclic) bond motifs is 1. The summed E-state index contributed by atoms with van der Waals surface area (Å²) in [5, 5.41) is 14.0. The Balaban J connectivity index is 2.14. The molecule has 1 heterocycles. The first-order chi connectivity index (χ1) is 12.3. The van der Waals surface area contributed by atoms with Crippen molar-refractivity contribution in [3.63, 3.8) is 0 Å². The van der Waals surface area contributed by atoms with E-state index in [4.69, 9.17) is 4.74 Å². The number of nitrogens with zero attached hydrogens (tertiary/aromatic N) is 2. The molecule has 3 rings (SSSR count). The van der Waals surface area contributed by atoms with E-state index in [-0.39, 0.29) is 22.6 Å². The summed E-state index contributed by atoms with van der Waals surface area (Å²) in [6.07, 6.45) is -4.75. The number of carbonyl (C=O) groups excluding carboxylic acids is 1. The summed E-state index contributed by atoms with van der Waals surface area (Å²) >= 11 is 0. The molecule has 1 N–H and O–H groups in total. The number of benzene rings is 2. The van der Waals surface area contributed by atoms with Crippen LogP contribution in [0, 0.1) is 0 Å². The first-order valence-corrected chi connectivity index (χ1v) is 7.29. The van der Waals surface area contributed by atoms with E-state index in [1.165, 1.54) is 43.5 Å². The topological polar surface area (TPSA) is 87.2 Å². The minimum absolute atomic E-state index is 0.0326. The highest BCUT2D eigenvalue weighted by Gasteiger charge is 2.35. The fourth-order valence-electron chi connectivity index (χ4n) is 2.32. The van der Waals surface area contributed by atoms with Crippen molar-refractivity contribution in [2.45, 2.75) is 6.18 Å². The molecule has 0 aliphatic carbocycles. The van der Waals surface area contributed by atoms with Crippen molar-refractivity contribution in [2.75, 3.05) is 12.4 Å². The maximum Gasteiger partial charge on any atom is 0.451 e. The number of aromatic carboxylic acids is 1. The van der Waals surface area contributed by atoms with Gasteiger partial charge in [-0.1, -0.05) is 12.1 Å². The molecule has 0 unspecified atom stereocenters. The molecule has 9 heteroatoms. The number of alkyl halides is 3. The van der Waals surface area contributed by atoms with Crippen LogP contribution in [0.25, 0.3) is 10.9 Å². The zero-order valence-electron chi connectivity index (χ0n) is 13.3. The number of aromatic nitrogens is 2. The van der Waals surface area contributed by atoms with Crippen molar-refractivity contribution < 1.29 is 27.8 Å². The van der Waals surface area contributed by atoms with Gasteiger partial charge in [0.1, 0.15) is 11.6 Å². The number of carbonyl (C=O) groups is 1. The maximum absolute atomic E-state index is 13.1. The summed E-state index contributed by atoms with van der Waals surface area (Å²) in [7, 11) is 1.39. The summed E-state index contributed by atoms with van der Waals surface area (Å²) in [6, 6.07) is 9.91. The van der Waals surface area contributed by atoms with Crippen LogP contribution in [0.1, 0.15) is 16.2 Å². The van der Waals surface area contributed by atoms with Crippen molar-refractivity contribution >= 4 is 28.4 Å². The van der Waals surface area contributed by atoms with Gasteiger partial charge >= 0.3 is 6.18 Å². The molecule has 0 saturated carbocycles. The molecule has 0 spiro atoms. The third kappa shape index (κ3) is 3.51. The number of hydrogen-bond donors (Lipinski definition) is 1. The van der Waals surface area contributed by atoms with E-state index in [0.29, 0.717) is 11.1 Å². The van der Waals surface area contributed by atoms with E-state index in [9.17, 15) is 23.1 Å². The van der Waals surface area contributed by atoms with Gasteiger partial charge in [0.2, 0.25) is 5.82 Å². The van der Waals surface area contributed by atoms with E-state index >= 15 is 0 Å². The molecule has 0 atom stereocenters. The number of carboxylic acids is 1. The number of ether oxygens (including phenoxy) is 1. The van der Waals surface area contributed by atoms with Gasteiger partial charge in [-0.2, -0.15) is 13.2 Å². The number of carboxylic acid groups (broad SMARTS) is 1. The lowest BCUT2D eigenvalue weighted by atomic mass is 10.2. The fraction of sp³-hybridized carbons (Fsp3) is 0.118. The average molecular weight is 362 g/mol. The predicted octanol–water partition coefficient (Wildman–Crippen LogP) is 2.76. The van der Waals surface area contributed by atoms with Crippen molar-refractivity contribution in [2.24, 2.45) is 0 Å². The van der Waals surface area contributed by atoms with E-state index in [1.807, 2.05) is 0 Å². The predicted molar refractivity (Wildman–Crippen MR) is 85.1 cm³/mol. The Morgan fingerprint density at radius 2 is 1.92 bits per heavy atom. The molecule has 0 aliphatic rings. The van der Waals surface area contributed by atoms with Crippen LogP contribution in [0.3, 0.4) is 0 Å². The van der Waals surface area contributed by atoms with Gasteiger partial charge in [0.15, 0.2) is 0 Å². The molecule has 1 aromatic heterocycles. The first kappa shape index (κ1) is 17.5. The molecule has 0 bridgehead atoms. The molecule has 26 heavy (non-hydrogen) atoms. The van der Waals surface area contributed by atoms with Crippen LogP contribution in [0.2, 0.25) is 0 Å². The zero-order valence-corrected chi connectivity index (χ0v) is 13.3. The highest BCUT2D eigenvalue weighted by atomic mass is 19.4. The van der Waals surface area contributed by atoms with Crippen LogP contribution in [0.5, 0.6) is 5.75 Å². The quantitative estimate of drug-likeness (QED) is 0.768. The lowest BCUT2D eigenvalue weighted by molar-refractivity contribution is -0.255. The number of nitrogens with one attached hydrogen (secondary N) is 1. The normalized spacial score (nSPS) is 11.4. The van der Waals surface area contributed by atoms with Gasteiger partial charge in [-0.3, -0.25) is 0 Å². The first-order valence-electron chi connectivity index (χ1n) is 7.29. The second-order valence-electron chi connectivity index (χ2n) is 5.27. The third-order valence-corrected chi connectivity index (χ3v) is 3.52. The summed E-state index contributed by atoms with van der Waals surface area (Å²) in [5.41, 5.74) is 0.159. The molecule has 0 saturated heterocycles. The molecule has 0 aliphatic heterocycles. The Labute approximate surface area is 145 Å². The van der Waals surface area contributed by atoms with Crippen LogP contribution >= 0.6 is 0 Å². The van der Waals surface area contributed by atoms with Gasteiger partial charge in [0.25, 0.3) is 0 Å². The molecule has 0 radical (unpaired) electrons. The minimum Gasteiger partial charge on any atom is -0.545 e. The Morgan fingerprint density at radius 3 is 2.58 bits per heavy atom. The monoisotopic (exact) mass is 362 g/mol. The van der Waals surface area contributed by atoms with Crippen LogP contribution in [-0.2, 0) is 6.18 Å². The molecule has 134 valence electrons. The minimum atomic E-state index is -4.75. The van der Waals surface area contributed by atoms with Crippen molar-refractivity contribution in [3.8, 4) is 5.75 Å². The smallest absolute Gasteiger partial charge is 0.451 e. The molecule has 2 aromatic carbocycles. The number of hydrogen-bond acceptors (Lipinski definition) is 6. The third-order valence-electron chi connectivity index (χ3n) is 3.52. The van der Waals surface area contributed by atoms with Gasteiger partial charge in [-0.25, -0.2) is 9.97 Å². The second kappa shape index (κ2) is 6.51. The van der Waals surface area contributed by atoms with E-state index in [2.05, 4.69) is 15.3 Å². The Hall–Kier alpha value is -3.36. The van der Waals surface area contributed by atoms with Gasteiger partial charge in [0, 0.05) is 17.1 Å². The number of methoxy groups -OCH3 is 1. The van der Waals surface area contributed by atoms with E-state index in [1.54, 1.807) is 6.07 Å². The summed E-state index contributed by atoms with van der Waals surface area (Å²) in [6.45, 7) is 0. The zero-order chi connectivity index (χ0) is 18.9. The largest absolute Gasteiger partial charge is 0.545 e. The van der Waals surface area contributed by atoms with Crippen molar-refractivity contribution in [1.29, 1.82) is 0 Å². The summed E-state index contributed by atoms with van der Waals surface area (Å²) in [5.74, 6) is -2.49. The number of anilines is 2. The molecule has 6 nitrogen and oxygen atoms in total. The van der Waals surface area contributed by atoms with E-state index < -0.39 is 18.0 Å². The van der Waals surface area contributed by atoms with Crippen molar-refractivity contribution in [1.82, 2.24) is 9.97 Å². The van der Waals surface area contributed by atoms with Gasteiger partial charge in [-0.15, -0.1) is 0 Å². The molecule has 0 amide bonds. The standard InChI is InChI=1S/C17H12F3N3O3/c1-26-11-5-6-12-13(8-11)22-16(17(18,19)20)23-14(12)21-10-4-2-3-9(7-10)15(24)25/h2-8H,1H3,(H,24,25)(H,21,22,23)/p-1. The number of halogens is 3. The van der Waals surface area contributed by atoms with Gasteiger partial charge < -0.3 is 20.0 Å². The Morgan fingerprint density at radius 1 is 1.15 bits per heavy atom. The molecule has 0 fully saturated rings. The van der Waals surface area contributed by atoms with Crippen LogP contribution < -0.4 is 15.2 Å². The summed E-state index contributed by atoms with van der Waals surface area (Å²) < 4.78 is 44.4. The van der Waals surface area contributed by atoms with Crippen molar-refractivity contribution in [3.05, 3.63) is 53.9 Å². The number of rotatable bonds is 4. The molecular formula is C17H11F3N3O3-. The Kier molecular flexibility index (Phi) is 4.37.